The van der Waals surface area contributed by atoms with Crippen molar-refractivity contribution in [1.82, 2.24) is 20.4 Å². The van der Waals surface area contributed by atoms with Crippen molar-refractivity contribution in [2.45, 2.75) is 57.6 Å². The van der Waals surface area contributed by atoms with Crippen molar-refractivity contribution < 1.29 is 33.1 Å². The monoisotopic (exact) mass is 663 g/mol. The predicted octanol–water partition coefficient (Wildman–Crippen LogP) is 7.25. The number of hydrogen-bond donors (Lipinski definition) is 3. The van der Waals surface area contributed by atoms with Gasteiger partial charge in [0.2, 0.25) is 5.82 Å². The second-order valence-corrected chi connectivity index (χ2v) is 12.8. The normalized spacial score (nSPS) is 13.4. The molecule has 1 aliphatic carbocycles. The molecule has 12 heteroatoms. The molecule has 2 amide bonds. The fourth-order valence-electron chi connectivity index (χ4n) is 5.17. The molecular formula is C37H34FN5O6. The number of carboxylic acids is 1. The summed E-state index contributed by atoms with van der Waals surface area (Å²) in [7, 11) is 0. The highest BCUT2D eigenvalue weighted by atomic mass is 19.1. The standard InChI is InChI=1S/C37H34FN5O6/c1-37(2,3)48-36(47)39-26-16-14-25(15-17-26)34-42-32(43-49-34)27-18-7-21(19-28(27)38)20-31(35(45)46)41-33(44)30-6-4-5-29(40-30)24-12-10-23(11-13-24)22-8-9-22/h4-7,10-19,22,31H,8-9,20H2,1-3H3,(H,39,47)(H,41,44)(H,45,46). The van der Waals surface area contributed by atoms with Crippen LogP contribution in [-0.4, -0.2) is 49.8 Å². The van der Waals surface area contributed by atoms with Crippen LogP contribution in [-0.2, 0) is 16.0 Å². The van der Waals surface area contributed by atoms with E-state index < -0.39 is 35.4 Å². The van der Waals surface area contributed by atoms with E-state index in [1.165, 1.54) is 42.7 Å². The van der Waals surface area contributed by atoms with Crippen LogP contribution in [0.25, 0.3) is 34.1 Å². The SMILES string of the molecule is CC(C)(C)OC(=O)Nc1ccc(-c2nc(-c3ccc(CC(NC(=O)c4cccc(-c5ccc(C6CC6)cc5)n4)C(=O)O)cc3F)no2)cc1. The number of nitrogens with one attached hydrogen (secondary N) is 2. The summed E-state index contributed by atoms with van der Waals surface area (Å²) in [5.41, 5.74) is 3.57. The molecule has 1 fully saturated rings. The van der Waals surface area contributed by atoms with Crippen LogP contribution in [0.4, 0.5) is 14.9 Å². The smallest absolute Gasteiger partial charge is 0.412 e. The summed E-state index contributed by atoms with van der Waals surface area (Å²) >= 11 is 0. The number of carbonyl (C=O) groups excluding carboxylic acids is 2. The summed E-state index contributed by atoms with van der Waals surface area (Å²) in [6, 6.07) is 22.4. The molecule has 1 saturated carbocycles. The highest BCUT2D eigenvalue weighted by Crippen LogP contribution is 2.40. The van der Waals surface area contributed by atoms with Gasteiger partial charge >= 0.3 is 12.1 Å². The van der Waals surface area contributed by atoms with Gasteiger partial charge in [-0.25, -0.2) is 19.0 Å². The molecule has 6 rings (SSSR count). The topological polar surface area (TPSA) is 157 Å². The van der Waals surface area contributed by atoms with E-state index in [-0.39, 0.29) is 29.4 Å². The predicted molar refractivity (Wildman–Crippen MR) is 179 cm³/mol. The Labute approximate surface area is 281 Å². The Morgan fingerprint density at radius 1 is 0.959 bits per heavy atom. The molecule has 0 saturated heterocycles. The van der Waals surface area contributed by atoms with Gasteiger partial charge in [-0.05, 0) is 99.2 Å². The second-order valence-electron chi connectivity index (χ2n) is 12.8. The molecular weight excluding hydrogens is 629 g/mol. The van der Waals surface area contributed by atoms with E-state index in [0.29, 0.717) is 28.4 Å². The number of hydrogen-bond acceptors (Lipinski definition) is 8. The Kier molecular flexibility index (Phi) is 9.21. The van der Waals surface area contributed by atoms with Crippen molar-refractivity contribution in [3.63, 3.8) is 0 Å². The molecule has 5 aromatic rings. The van der Waals surface area contributed by atoms with Crippen LogP contribution in [0.3, 0.4) is 0 Å². The minimum Gasteiger partial charge on any atom is -0.480 e. The molecule has 3 N–H and O–H groups in total. The van der Waals surface area contributed by atoms with Gasteiger partial charge in [0.15, 0.2) is 0 Å². The third-order valence-corrected chi connectivity index (χ3v) is 7.76. The van der Waals surface area contributed by atoms with E-state index in [9.17, 15) is 19.5 Å². The number of carbonyl (C=O) groups is 3. The van der Waals surface area contributed by atoms with Crippen LogP contribution >= 0.6 is 0 Å². The van der Waals surface area contributed by atoms with Crippen molar-refractivity contribution in [3.8, 4) is 34.1 Å². The summed E-state index contributed by atoms with van der Waals surface area (Å²) < 4.78 is 25.9. The number of benzene rings is 3. The summed E-state index contributed by atoms with van der Waals surface area (Å²) in [4.78, 5) is 45.9. The number of amides is 2. The van der Waals surface area contributed by atoms with E-state index in [1.54, 1.807) is 57.2 Å². The Balaban J connectivity index is 1.10. The van der Waals surface area contributed by atoms with Gasteiger partial charge in [0.1, 0.15) is 23.2 Å². The van der Waals surface area contributed by atoms with Gasteiger partial charge in [-0.2, -0.15) is 4.98 Å². The molecule has 0 aliphatic heterocycles. The van der Waals surface area contributed by atoms with Crippen molar-refractivity contribution in [3.05, 3.63) is 108 Å². The molecule has 0 radical (unpaired) electrons. The third kappa shape index (κ3) is 8.33. The number of rotatable bonds is 10. The van der Waals surface area contributed by atoms with Gasteiger partial charge in [-0.15, -0.1) is 0 Å². The Hall–Kier alpha value is -5.91. The third-order valence-electron chi connectivity index (χ3n) is 7.76. The molecule has 3 aromatic carbocycles. The average Bonchev–Trinajstić information content (AvgIpc) is 3.80. The molecule has 0 bridgehead atoms. The molecule has 0 spiro atoms. The lowest BCUT2D eigenvalue weighted by Crippen LogP contribution is -2.42. The largest absolute Gasteiger partial charge is 0.480 e. The van der Waals surface area contributed by atoms with Crippen LogP contribution < -0.4 is 10.6 Å². The summed E-state index contributed by atoms with van der Waals surface area (Å²) in [6.07, 6.45) is 1.62. The molecule has 2 heterocycles. The molecule has 1 atom stereocenters. The zero-order chi connectivity index (χ0) is 34.7. The first-order chi connectivity index (χ1) is 23.4. The number of aliphatic carboxylic acids is 1. The maximum atomic E-state index is 15.3. The quantitative estimate of drug-likeness (QED) is 0.140. The van der Waals surface area contributed by atoms with E-state index in [0.717, 1.165) is 5.56 Å². The number of aromatic nitrogens is 3. The first kappa shape index (κ1) is 33.0. The number of ether oxygens (including phenoxy) is 1. The van der Waals surface area contributed by atoms with Crippen molar-refractivity contribution in [2.24, 2.45) is 0 Å². The minimum absolute atomic E-state index is 0.00812. The van der Waals surface area contributed by atoms with Gasteiger partial charge in [0.05, 0.1) is 11.3 Å². The minimum atomic E-state index is -1.34. The zero-order valence-corrected chi connectivity index (χ0v) is 27.1. The molecule has 2 aromatic heterocycles. The van der Waals surface area contributed by atoms with Crippen molar-refractivity contribution in [1.29, 1.82) is 0 Å². The number of pyridine rings is 1. The van der Waals surface area contributed by atoms with E-state index >= 15 is 4.39 Å². The summed E-state index contributed by atoms with van der Waals surface area (Å²) in [5, 5.41) is 18.9. The number of nitrogens with zero attached hydrogens (tertiary/aromatic N) is 3. The lowest BCUT2D eigenvalue weighted by atomic mass is 10.0. The number of carboxylic acid groups (broad SMARTS) is 1. The van der Waals surface area contributed by atoms with Crippen LogP contribution in [0, 0.1) is 5.82 Å². The lowest BCUT2D eigenvalue weighted by Gasteiger charge is -2.19. The fraction of sp³-hybridized carbons (Fsp3) is 0.243. The molecule has 1 aliphatic rings. The summed E-state index contributed by atoms with van der Waals surface area (Å²) in [5.74, 6) is -1.89. The fourth-order valence-corrected chi connectivity index (χ4v) is 5.17. The number of anilines is 1. The van der Waals surface area contributed by atoms with Gasteiger partial charge in [0.25, 0.3) is 11.8 Å². The van der Waals surface area contributed by atoms with Crippen molar-refractivity contribution >= 4 is 23.7 Å². The first-order valence-corrected chi connectivity index (χ1v) is 15.8. The molecule has 49 heavy (non-hydrogen) atoms. The van der Waals surface area contributed by atoms with Gasteiger partial charge < -0.3 is 19.7 Å². The van der Waals surface area contributed by atoms with Crippen LogP contribution in [0.2, 0.25) is 0 Å². The van der Waals surface area contributed by atoms with Crippen LogP contribution in [0.1, 0.15) is 61.1 Å². The van der Waals surface area contributed by atoms with Gasteiger partial charge in [0, 0.05) is 23.2 Å². The van der Waals surface area contributed by atoms with E-state index in [1.807, 2.05) is 12.1 Å². The first-order valence-electron chi connectivity index (χ1n) is 15.8. The van der Waals surface area contributed by atoms with E-state index in [2.05, 4.69) is 37.9 Å². The lowest BCUT2D eigenvalue weighted by molar-refractivity contribution is -0.139. The Morgan fingerprint density at radius 2 is 1.67 bits per heavy atom. The maximum Gasteiger partial charge on any atom is 0.412 e. The molecule has 11 nitrogen and oxygen atoms in total. The molecule has 250 valence electrons. The van der Waals surface area contributed by atoms with Gasteiger partial charge in [-0.1, -0.05) is 41.6 Å². The van der Waals surface area contributed by atoms with Crippen LogP contribution in [0.5, 0.6) is 0 Å². The maximum absolute atomic E-state index is 15.3. The zero-order valence-electron chi connectivity index (χ0n) is 27.1. The van der Waals surface area contributed by atoms with Gasteiger partial charge in [-0.3, -0.25) is 10.1 Å². The Bertz CT molecular complexity index is 2000. The number of halogens is 1. The van der Waals surface area contributed by atoms with E-state index in [4.69, 9.17) is 9.26 Å². The Morgan fingerprint density at radius 3 is 2.33 bits per heavy atom. The second kappa shape index (κ2) is 13.7. The highest BCUT2D eigenvalue weighted by Gasteiger charge is 2.25. The van der Waals surface area contributed by atoms with Crippen molar-refractivity contribution in [2.75, 3.05) is 5.32 Å². The average molecular weight is 664 g/mol. The summed E-state index contributed by atoms with van der Waals surface area (Å²) in [6.45, 7) is 5.29. The molecule has 1 unspecified atom stereocenters. The van der Waals surface area contributed by atoms with Crippen LogP contribution in [0.15, 0.2) is 89.5 Å². The highest BCUT2D eigenvalue weighted by molar-refractivity contribution is 5.95.